The van der Waals surface area contributed by atoms with Crippen molar-refractivity contribution in [1.82, 2.24) is 4.90 Å². The average molecular weight is 210 g/mol. The van der Waals surface area contributed by atoms with Crippen LogP contribution in [0, 0.1) is 20.8 Å². The number of aryl methyl sites for hydroxylation is 2. The van der Waals surface area contributed by atoms with Crippen LogP contribution in [0.2, 0.25) is 0 Å². The SMILES string of the molecule is Cc1oc(C)c(C(=O)N(C)CCN)c1C. The number of carbonyl (C=O) groups excluding carboxylic acids is 1. The highest BCUT2D eigenvalue weighted by Crippen LogP contribution is 2.21. The Morgan fingerprint density at radius 2 is 1.93 bits per heavy atom. The highest BCUT2D eigenvalue weighted by Gasteiger charge is 2.20. The number of carbonyl (C=O) groups is 1. The molecule has 4 nitrogen and oxygen atoms in total. The van der Waals surface area contributed by atoms with Crippen LogP contribution >= 0.6 is 0 Å². The molecule has 1 rings (SSSR count). The van der Waals surface area contributed by atoms with Crippen LogP contribution in [0.3, 0.4) is 0 Å². The van der Waals surface area contributed by atoms with Gasteiger partial charge < -0.3 is 15.1 Å². The largest absolute Gasteiger partial charge is 0.466 e. The van der Waals surface area contributed by atoms with Gasteiger partial charge in [0.2, 0.25) is 0 Å². The second-order valence-electron chi connectivity index (χ2n) is 3.73. The van der Waals surface area contributed by atoms with Crippen LogP contribution in [0.4, 0.5) is 0 Å². The standard InChI is InChI=1S/C11H18N2O2/c1-7-8(2)15-9(3)10(7)11(14)13(4)6-5-12/h5-6,12H2,1-4H3. The van der Waals surface area contributed by atoms with Gasteiger partial charge in [-0.15, -0.1) is 0 Å². The molecular weight excluding hydrogens is 192 g/mol. The summed E-state index contributed by atoms with van der Waals surface area (Å²) in [5.74, 6) is 1.46. The lowest BCUT2D eigenvalue weighted by Gasteiger charge is -2.15. The summed E-state index contributed by atoms with van der Waals surface area (Å²) in [6.45, 7) is 6.60. The maximum atomic E-state index is 12.0. The van der Waals surface area contributed by atoms with E-state index in [1.165, 1.54) is 0 Å². The molecule has 0 aliphatic carbocycles. The number of hydrogen-bond donors (Lipinski definition) is 1. The van der Waals surface area contributed by atoms with Gasteiger partial charge in [-0.05, 0) is 20.8 Å². The Hall–Kier alpha value is -1.29. The van der Waals surface area contributed by atoms with Crippen molar-refractivity contribution in [2.75, 3.05) is 20.1 Å². The Kier molecular flexibility index (Phi) is 3.52. The van der Waals surface area contributed by atoms with Crippen LogP contribution in [0.1, 0.15) is 27.4 Å². The molecule has 1 aromatic heterocycles. The average Bonchev–Trinajstić information content (AvgIpc) is 2.41. The Morgan fingerprint density at radius 3 is 2.33 bits per heavy atom. The van der Waals surface area contributed by atoms with Gasteiger partial charge in [0.25, 0.3) is 5.91 Å². The maximum Gasteiger partial charge on any atom is 0.257 e. The van der Waals surface area contributed by atoms with Gasteiger partial charge in [0.15, 0.2) is 0 Å². The van der Waals surface area contributed by atoms with E-state index >= 15 is 0 Å². The fraction of sp³-hybridized carbons (Fsp3) is 0.545. The minimum absolute atomic E-state index is 0.0210. The summed E-state index contributed by atoms with van der Waals surface area (Å²) < 4.78 is 5.42. The predicted molar refractivity (Wildman–Crippen MR) is 58.9 cm³/mol. The van der Waals surface area contributed by atoms with Gasteiger partial charge in [-0.25, -0.2) is 0 Å². The first-order valence-corrected chi connectivity index (χ1v) is 5.01. The molecule has 0 atom stereocenters. The van der Waals surface area contributed by atoms with E-state index in [0.717, 1.165) is 11.3 Å². The number of amides is 1. The molecule has 0 saturated carbocycles. The van der Waals surface area contributed by atoms with Crippen molar-refractivity contribution in [3.8, 4) is 0 Å². The van der Waals surface area contributed by atoms with E-state index in [9.17, 15) is 4.79 Å². The van der Waals surface area contributed by atoms with Gasteiger partial charge in [0, 0.05) is 25.7 Å². The maximum absolute atomic E-state index is 12.0. The summed E-state index contributed by atoms with van der Waals surface area (Å²) in [4.78, 5) is 13.6. The van der Waals surface area contributed by atoms with Crippen molar-refractivity contribution in [3.63, 3.8) is 0 Å². The van der Waals surface area contributed by atoms with E-state index in [0.29, 0.717) is 24.4 Å². The Labute approximate surface area is 90.0 Å². The minimum atomic E-state index is -0.0210. The topological polar surface area (TPSA) is 59.5 Å². The second kappa shape index (κ2) is 4.49. The molecule has 0 aliphatic rings. The normalized spacial score (nSPS) is 10.5. The molecule has 0 radical (unpaired) electrons. The van der Waals surface area contributed by atoms with Gasteiger partial charge in [-0.3, -0.25) is 4.79 Å². The van der Waals surface area contributed by atoms with E-state index in [1.54, 1.807) is 11.9 Å². The lowest BCUT2D eigenvalue weighted by atomic mass is 10.1. The molecule has 1 heterocycles. The van der Waals surface area contributed by atoms with Crippen LogP contribution in [0.5, 0.6) is 0 Å². The zero-order valence-corrected chi connectivity index (χ0v) is 9.76. The predicted octanol–water partition coefficient (Wildman–Crippen LogP) is 1.24. The molecular formula is C11H18N2O2. The number of rotatable bonds is 3. The summed E-state index contributed by atoms with van der Waals surface area (Å²) in [6.07, 6.45) is 0. The number of hydrogen-bond acceptors (Lipinski definition) is 3. The van der Waals surface area contributed by atoms with Gasteiger partial charge in [0.05, 0.1) is 5.56 Å². The number of nitrogens with two attached hydrogens (primary N) is 1. The third-order valence-electron chi connectivity index (χ3n) is 2.59. The second-order valence-corrected chi connectivity index (χ2v) is 3.73. The molecule has 0 aliphatic heterocycles. The Morgan fingerprint density at radius 1 is 1.33 bits per heavy atom. The van der Waals surface area contributed by atoms with E-state index in [1.807, 2.05) is 20.8 Å². The molecule has 0 saturated heterocycles. The van der Waals surface area contributed by atoms with E-state index < -0.39 is 0 Å². The lowest BCUT2D eigenvalue weighted by molar-refractivity contribution is 0.0796. The van der Waals surface area contributed by atoms with Crippen molar-refractivity contribution in [3.05, 3.63) is 22.6 Å². The monoisotopic (exact) mass is 210 g/mol. The molecule has 15 heavy (non-hydrogen) atoms. The molecule has 0 unspecified atom stereocenters. The van der Waals surface area contributed by atoms with Crippen molar-refractivity contribution >= 4 is 5.91 Å². The molecule has 0 fully saturated rings. The van der Waals surface area contributed by atoms with Gasteiger partial charge >= 0.3 is 0 Å². The van der Waals surface area contributed by atoms with E-state index in [4.69, 9.17) is 10.2 Å². The van der Waals surface area contributed by atoms with Crippen molar-refractivity contribution in [2.24, 2.45) is 5.73 Å². The van der Waals surface area contributed by atoms with E-state index in [2.05, 4.69) is 0 Å². The molecule has 1 amide bonds. The summed E-state index contributed by atoms with van der Waals surface area (Å²) in [5, 5.41) is 0. The molecule has 0 bridgehead atoms. The first-order chi connectivity index (χ1) is 6.99. The smallest absolute Gasteiger partial charge is 0.257 e. The zero-order chi connectivity index (χ0) is 11.6. The Bertz CT molecular complexity index is 369. The molecule has 84 valence electrons. The Balaban J connectivity index is 3.00. The van der Waals surface area contributed by atoms with Gasteiger partial charge in [-0.1, -0.05) is 0 Å². The number of furan rings is 1. The van der Waals surface area contributed by atoms with Crippen LogP contribution in [-0.2, 0) is 0 Å². The number of nitrogens with zero attached hydrogens (tertiary/aromatic N) is 1. The number of likely N-dealkylation sites (N-methyl/N-ethyl adjacent to an activating group) is 1. The van der Waals surface area contributed by atoms with E-state index in [-0.39, 0.29) is 5.91 Å². The van der Waals surface area contributed by atoms with Crippen LogP contribution in [0.25, 0.3) is 0 Å². The minimum Gasteiger partial charge on any atom is -0.466 e. The first kappa shape index (κ1) is 11.8. The molecule has 1 aromatic rings. The van der Waals surface area contributed by atoms with Crippen molar-refractivity contribution in [2.45, 2.75) is 20.8 Å². The molecule has 0 spiro atoms. The molecule has 4 heteroatoms. The summed E-state index contributed by atoms with van der Waals surface area (Å²) in [6, 6.07) is 0. The lowest BCUT2D eigenvalue weighted by Crippen LogP contribution is -2.32. The molecule has 0 aromatic carbocycles. The third kappa shape index (κ3) is 2.21. The highest BCUT2D eigenvalue weighted by molar-refractivity contribution is 5.96. The highest BCUT2D eigenvalue weighted by atomic mass is 16.3. The first-order valence-electron chi connectivity index (χ1n) is 5.01. The third-order valence-corrected chi connectivity index (χ3v) is 2.59. The van der Waals surface area contributed by atoms with Crippen molar-refractivity contribution in [1.29, 1.82) is 0 Å². The molecule has 2 N–H and O–H groups in total. The summed E-state index contributed by atoms with van der Waals surface area (Å²) in [7, 11) is 1.75. The summed E-state index contributed by atoms with van der Waals surface area (Å²) in [5.41, 5.74) is 7.00. The van der Waals surface area contributed by atoms with Crippen molar-refractivity contribution < 1.29 is 9.21 Å². The van der Waals surface area contributed by atoms with Gasteiger partial charge in [-0.2, -0.15) is 0 Å². The van der Waals surface area contributed by atoms with Crippen LogP contribution < -0.4 is 5.73 Å². The van der Waals surface area contributed by atoms with Crippen LogP contribution in [-0.4, -0.2) is 30.9 Å². The fourth-order valence-electron chi connectivity index (χ4n) is 1.59. The summed E-state index contributed by atoms with van der Waals surface area (Å²) >= 11 is 0. The zero-order valence-electron chi connectivity index (χ0n) is 9.76. The van der Waals surface area contributed by atoms with Crippen LogP contribution in [0.15, 0.2) is 4.42 Å². The quantitative estimate of drug-likeness (QED) is 0.816. The fourth-order valence-corrected chi connectivity index (χ4v) is 1.59. The van der Waals surface area contributed by atoms with Gasteiger partial charge in [0.1, 0.15) is 11.5 Å².